The Labute approximate surface area is 102 Å². The van der Waals surface area contributed by atoms with E-state index in [0.717, 1.165) is 19.4 Å². The van der Waals surface area contributed by atoms with Crippen LogP contribution in [0.3, 0.4) is 0 Å². The van der Waals surface area contributed by atoms with E-state index in [0.29, 0.717) is 11.4 Å². The lowest BCUT2D eigenvalue weighted by atomic mass is 10.3. The van der Waals surface area contributed by atoms with E-state index < -0.39 is 10.0 Å². The third kappa shape index (κ3) is 3.41. The number of aromatic nitrogens is 1. The number of anilines is 1. The van der Waals surface area contributed by atoms with Crippen molar-refractivity contribution in [1.29, 1.82) is 0 Å². The van der Waals surface area contributed by atoms with Gasteiger partial charge in [0.2, 0.25) is 10.0 Å². The van der Waals surface area contributed by atoms with Gasteiger partial charge in [0, 0.05) is 12.2 Å². The van der Waals surface area contributed by atoms with E-state index in [1.54, 1.807) is 25.3 Å². The van der Waals surface area contributed by atoms with Crippen molar-refractivity contribution >= 4 is 15.7 Å². The summed E-state index contributed by atoms with van der Waals surface area (Å²) in [5.41, 5.74) is 1.25. The van der Waals surface area contributed by atoms with E-state index in [2.05, 4.69) is 15.0 Å². The largest absolute Gasteiger partial charge is 0.313 e. The molecule has 2 N–H and O–H groups in total. The van der Waals surface area contributed by atoms with Crippen LogP contribution in [0, 0.1) is 6.92 Å². The van der Waals surface area contributed by atoms with Gasteiger partial charge in [-0.25, -0.2) is 8.42 Å². The van der Waals surface area contributed by atoms with Crippen molar-refractivity contribution in [3.8, 4) is 0 Å². The number of pyridine rings is 1. The molecular formula is C11H17N3O2S. The first-order valence-electron chi connectivity index (χ1n) is 5.72. The van der Waals surface area contributed by atoms with E-state index in [1.165, 1.54) is 0 Å². The molecule has 0 radical (unpaired) electrons. The second-order valence-corrected chi connectivity index (χ2v) is 6.08. The fourth-order valence-electron chi connectivity index (χ4n) is 1.97. The molecule has 0 aliphatic carbocycles. The summed E-state index contributed by atoms with van der Waals surface area (Å²) in [7, 11) is -3.29. The smallest absolute Gasteiger partial charge is 0.234 e. The van der Waals surface area contributed by atoms with Crippen LogP contribution in [0.2, 0.25) is 0 Å². The standard InChI is InChI=1S/C11H17N3O2S/c1-9-11(5-3-6-12-9)14-17(15,16)8-10-4-2-7-13-10/h3,5-6,10,13-14H,2,4,7-8H2,1H3. The van der Waals surface area contributed by atoms with Crippen LogP contribution in [0.5, 0.6) is 0 Å². The third-order valence-corrected chi connectivity index (χ3v) is 4.23. The lowest BCUT2D eigenvalue weighted by Crippen LogP contribution is -2.33. The maximum atomic E-state index is 11.9. The molecule has 2 rings (SSSR count). The van der Waals surface area contributed by atoms with Gasteiger partial charge in [0.15, 0.2) is 0 Å². The minimum Gasteiger partial charge on any atom is -0.313 e. The Balaban J connectivity index is 2.04. The summed E-state index contributed by atoms with van der Waals surface area (Å²) in [5.74, 6) is 0.126. The Morgan fingerprint density at radius 1 is 1.59 bits per heavy atom. The van der Waals surface area contributed by atoms with Crippen molar-refractivity contribution in [2.24, 2.45) is 0 Å². The van der Waals surface area contributed by atoms with Gasteiger partial charge in [0.05, 0.1) is 17.1 Å². The molecule has 0 bridgehead atoms. The van der Waals surface area contributed by atoms with Crippen LogP contribution in [0.25, 0.3) is 0 Å². The number of hydrogen-bond acceptors (Lipinski definition) is 4. The molecule has 94 valence electrons. The first-order valence-corrected chi connectivity index (χ1v) is 7.37. The summed E-state index contributed by atoms with van der Waals surface area (Å²) in [6.45, 7) is 2.69. The third-order valence-electron chi connectivity index (χ3n) is 2.86. The number of rotatable bonds is 4. The Hall–Kier alpha value is -1.14. The predicted octanol–water partition coefficient (Wildman–Crippen LogP) is 0.884. The molecule has 6 heteroatoms. The summed E-state index contributed by atoms with van der Waals surface area (Å²) >= 11 is 0. The van der Waals surface area contributed by atoms with Crippen LogP contribution in [0.1, 0.15) is 18.5 Å². The van der Waals surface area contributed by atoms with Gasteiger partial charge >= 0.3 is 0 Å². The summed E-state index contributed by atoms with van der Waals surface area (Å²) in [5, 5.41) is 3.18. The van der Waals surface area contributed by atoms with E-state index in [4.69, 9.17) is 0 Å². The molecule has 1 aromatic rings. The number of hydrogen-bond donors (Lipinski definition) is 2. The second-order valence-electron chi connectivity index (χ2n) is 4.31. The van der Waals surface area contributed by atoms with Gasteiger partial charge in [0.25, 0.3) is 0 Å². The number of nitrogens with one attached hydrogen (secondary N) is 2. The zero-order chi connectivity index (χ0) is 12.3. The highest BCUT2D eigenvalue weighted by Gasteiger charge is 2.22. The Morgan fingerprint density at radius 3 is 3.06 bits per heavy atom. The van der Waals surface area contributed by atoms with E-state index in [1.807, 2.05) is 0 Å². The molecule has 1 saturated heterocycles. The lowest BCUT2D eigenvalue weighted by Gasteiger charge is -2.13. The van der Waals surface area contributed by atoms with E-state index in [-0.39, 0.29) is 11.8 Å². The molecule has 17 heavy (non-hydrogen) atoms. The van der Waals surface area contributed by atoms with Crippen LogP contribution in [0.4, 0.5) is 5.69 Å². The van der Waals surface area contributed by atoms with Gasteiger partial charge in [-0.05, 0) is 38.4 Å². The number of nitrogens with zero attached hydrogens (tertiary/aromatic N) is 1. The quantitative estimate of drug-likeness (QED) is 0.838. The zero-order valence-electron chi connectivity index (χ0n) is 9.81. The molecule has 1 atom stereocenters. The first kappa shape index (κ1) is 12.3. The van der Waals surface area contributed by atoms with Gasteiger partial charge in [-0.1, -0.05) is 0 Å². The summed E-state index contributed by atoms with van der Waals surface area (Å²) in [6.07, 6.45) is 3.62. The van der Waals surface area contributed by atoms with Crippen molar-refractivity contribution in [1.82, 2.24) is 10.3 Å². The molecule has 0 spiro atoms. The Morgan fingerprint density at radius 2 is 2.41 bits per heavy atom. The average molecular weight is 255 g/mol. The van der Waals surface area contributed by atoms with Gasteiger partial charge in [-0.3, -0.25) is 9.71 Å². The lowest BCUT2D eigenvalue weighted by molar-refractivity contribution is 0.581. The number of sulfonamides is 1. The van der Waals surface area contributed by atoms with Gasteiger partial charge < -0.3 is 5.32 Å². The molecule has 1 unspecified atom stereocenters. The molecule has 1 aliphatic heterocycles. The second kappa shape index (κ2) is 5.01. The molecule has 0 saturated carbocycles. The summed E-state index contributed by atoms with van der Waals surface area (Å²) in [4.78, 5) is 4.05. The minimum atomic E-state index is -3.29. The highest BCUT2D eigenvalue weighted by molar-refractivity contribution is 7.92. The van der Waals surface area contributed by atoms with Crippen molar-refractivity contribution < 1.29 is 8.42 Å². The van der Waals surface area contributed by atoms with Crippen molar-refractivity contribution in [2.75, 3.05) is 17.0 Å². The monoisotopic (exact) mass is 255 g/mol. The first-order chi connectivity index (χ1) is 8.07. The van der Waals surface area contributed by atoms with E-state index >= 15 is 0 Å². The van der Waals surface area contributed by atoms with Gasteiger partial charge in [-0.2, -0.15) is 0 Å². The fourth-order valence-corrected chi connectivity index (χ4v) is 3.41. The average Bonchev–Trinajstić information content (AvgIpc) is 2.73. The fraction of sp³-hybridized carbons (Fsp3) is 0.545. The van der Waals surface area contributed by atoms with Gasteiger partial charge in [0.1, 0.15) is 0 Å². The van der Waals surface area contributed by atoms with Crippen LogP contribution in [0.15, 0.2) is 18.3 Å². The molecule has 0 aromatic carbocycles. The van der Waals surface area contributed by atoms with Crippen molar-refractivity contribution in [3.05, 3.63) is 24.0 Å². The molecule has 5 nitrogen and oxygen atoms in total. The molecule has 1 aromatic heterocycles. The SMILES string of the molecule is Cc1ncccc1NS(=O)(=O)CC1CCCN1. The van der Waals surface area contributed by atoms with Crippen LogP contribution in [-0.2, 0) is 10.0 Å². The molecule has 1 aliphatic rings. The highest BCUT2D eigenvalue weighted by atomic mass is 32.2. The van der Waals surface area contributed by atoms with Gasteiger partial charge in [-0.15, -0.1) is 0 Å². The number of aryl methyl sites for hydroxylation is 1. The van der Waals surface area contributed by atoms with E-state index in [9.17, 15) is 8.42 Å². The molecule has 1 fully saturated rings. The normalized spacial score (nSPS) is 20.4. The highest BCUT2D eigenvalue weighted by Crippen LogP contribution is 2.14. The molecule has 2 heterocycles. The van der Waals surface area contributed by atoms with Crippen LogP contribution < -0.4 is 10.0 Å². The minimum absolute atomic E-state index is 0.0736. The molecular weight excluding hydrogens is 238 g/mol. The molecule has 0 amide bonds. The zero-order valence-corrected chi connectivity index (χ0v) is 10.6. The maximum Gasteiger partial charge on any atom is 0.234 e. The van der Waals surface area contributed by atoms with Crippen molar-refractivity contribution in [3.63, 3.8) is 0 Å². The Kier molecular flexibility index (Phi) is 3.63. The predicted molar refractivity (Wildman–Crippen MR) is 67.4 cm³/mol. The summed E-state index contributed by atoms with van der Waals surface area (Å²) < 4.78 is 26.4. The van der Waals surface area contributed by atoms with Crippen molar-refractivity contribution in [2.45, 2.75) is 25.8 Å². The topological polar surface area (TPSA) is 71.1 Å². The van der Waals surface area contributed by atoms with Crippen LogP contribution >= 0.6 is 0 Å². The Bertz CT molecular complexity index is 481. The summed E-state index contributed by atoms with van der Waals surface area (Å²) in [6, 6.07) is 3.52. The maximum absolute atomic E-state index is 11.9. The van der Waals surface area contributed by atoms with Crippen LogP contribution in [-0.4, -0.2) is 31.7 Å².